The summed E-state index contributed by atoms with van der Waals surface area (Å²) in [7, 11) is 0. The third-order valence-corrected chi connectivity index (χ3v) is 4.85. The van der Waals surface area contributed by atoms with Gasteiger partial charge in [0.2, 0.25) is 11.8 Å². The number of piperidine rings is 1. The Balaban J connectivity index is 1.68. The first kappa shape index (κ1) is 16.5. The maximum atomic E-state index is 12.5. The Morgan fingerprint density at radius 2 is 1.96 bits per heavy atom. The van der Waals surface area contributed by atoms with Gasteiger partial charge in [0.15, 0.2) is 0 Å². The Morgan fingerprint density at radius 3 is 2.75 bits per heavy atom. The number of hydrogen-bond acceptors (Lipinski definition) is 3. The van der Waals surface area contributed by atoms with Crippen LogP contribution in [0.1, 0.15) is 37.7 Å². The quantitative estimate of drug-likeness (QED) is 0.913. The van der Waals surface area contributed by atoms with Gasteiger partial charge in [-0.2, -0.15) is 0 Å². The summed E-state index contributed by atoms with van der Waals surface area (Å²) in [5, 5.41) is 9.29. The van der Waals surface area contributed by atoms with Crippen molar-refractivity contribution >= 4 is 23.5 Å². The van der Waals surface area contributed by atoms with Crippen LogP contribution in [0.2, 0.25) is 0 Å². The van der Waals surface area contributed by atoms with Crippen molar-refractivity contribution in [3.05, 3.63) is 29.8 Å². The number of aliphatic carboxylic acids is 1. The van der Waals surface area contributed by atoms with Crippen molar-refractivity contribution in [2.24, 2.45) is 0 Å². The molecule has 1 aromatic rings. The van der Waals surface area contributed by atoms with Gasteiger partial charge in [-0.25, -0.2) is 4.79 Å². The summed E-state index contributed by atoms with van der Waals surface area (Å²) < 4.78 is 0. The number of amides is 2. The number of nitrogens with zero attached hydrogens (tertiary/aromatic N) is 2. The van der Waals surface area contributed by atoms with Gasteiger partial charge >= 0.3 is 5.97 Å². The number of carboxylic acids is 1. The third kappa shape index (κ3) is 3.27. The first-order chi connectivity index (χ1) is 11.6. The molecule has 2 heterocycles. The number of carbonyl (C=O) groups excluding carboxylic acids is 2. The summed E-state index contributed by atoms with van der Waals surface area (Å²) in [5.41, 5.74) is 1.99. The fourth-order valence-electron chi connectivity index (χ4n) is 3.58. The van der Waals surface area contributed by atoms with Crippen LogP contribution >= 0.6 is 0 Å². The molecule has 1 N–H and O–H groups in total. The molecule has 0 radical (unpaired) electrons. The van der Waals surface area contributed by atoms with Gasteiger partial charge in [-0.15, -0.1) is 0 Å². The summed E-state index contributed by atoms with van der Waals surface area (Å²) in [6.45, 7) is 0.790. The van der Waals surface area contributed by atoms with E-state index in [0.29, 0.717) is 25.9 Å². The largest absolute Gasteiger partial charge is 0.480 e. The molecule has 2 amide bonds. The minimum Gasteiger partial charge on any atom is -0.480 e. The Hall–Kier alpha value is -2.37. The normalized spacial score (nSPS) is 20.7. The minimum absolute atomic E-state index is 0.0231. The molecular weight excluding hydrogens is 308 g/mol. The maximum Gasteiger partial charge on any atom is 0.326 e. The van der Waals surface area contributed by atoms with Crippen molar-refractivity contribution in [1.29, 1.82) is 0 Å². The highest BCUT2D eigenvalue weighted by molar-refractivity contribution is 5.97. The number of para-hydroxylation sites is 1. The van der Waals surface area contributed by atoms with Crippen molar-refractivity contribution in [2.45, 2.75) is 44.6 Å². The SMILES string of the molecule is O=C(O)C1CCCCN1C(=O)CCN1C(=O)CCc2ccccc21. The van der Waals surface area contributed by atoms with Gasteiger partial charge in [0.1, 0.15) is 6.04 Å². The summed E-state index contributed by atoms with van der Waals surface area (Å²) in [4.78, 5) is 39.2. The van der Waals surface area contributed by atoms with Gasteiger partial charge in [0.05, 0.1) is 0 Å². The third-order valence-electron chi connectivity index (χ3n) is 4.85. The van der Waals surface area contributed by atoms with Gasteiger partial charge in [0, 0.05) is 31.6 Å². The van der Waals surface area contributed by atoms with Crippen molar-refractivity contribution in [3.63, 3.8) is 0 Å². The van der Waals surface area contributed by atoms with Crippen molar-refractivity contribution in [1.82, 2.24) is 4.90 Å². The lowest BCUT2D eigenvalue weighted by Gasteiger charge is -2.34. The van der Waals surface area contributed by atoms with Crippen LogP contribution in [0, 0.1) is 0 Å². The number of fused-ring (bicyclic) bond motifs is 1. The second-order valence-electron chi connectivity index (χ2n) is 6.36. The Bertz CT molecular complexity index is 658. The highest BCUT2D eigenvalue weighted by atomic mass is 16.4. The van der Waals surface area contributed by atoms with E-state index in [-0.39, 0.29) is 18.2 Å². The van der Waals surface area contributed by atoms with E-state index in [1.807, 2.05) is 24.3 Å². The average Bonchev–Trinajstić information content (AvgIpc) is 2.60. The molecule has 0 bridgehead atoms. The van der Waals surface area contributed by atoms with E-state index in [4.69, 9.17) is 0 Å². The molecule has 0 spiro atoms. The summed E-state index contributed by atoms with van der Waals surface area (Å²) in [6, 6.07) is 7.01. The first-order valence-electron chi connectivity index (χ1n) is 8.48. The Kier molecular flexibility index (Phi) is 4.83. The van der Waals surface area contributed by atoms with Crippen molar-refractivity contribution in [3.8, 4) is 0 Å². The average molecular weight is 330 g/mol. The number of carboxylic acid groups (broad SMARTS) is 1. The number of aryl methyl sites for hydroxylation is 1. The van der Waals surface area contributed by atoms with Crippen LogP contribution in [0.4, 0.5) is 5.69 Å². The zero-order valence-electron chi connectivity index (χ0n) is 13.6. The van der Waals surface area contributed by atoms with Gasteiger partial charge < -0.3 is 14.9 Å². The predicted molar refractivity (Wildman–Crippen MR) is 88.7 cm³/mol. The van der Waals surface area contributed by atoms with Crippen molar-refractivity contribution < 1.29 is 19.5 Å². The summed E-state index contributed by atoms with van der Waals surface area (Å²) in [5.74, 6) is -1.10. The van der Waals surface area contributed by atoms with E-state index in [1.165, 1.54) is 4.90 Å². The van der Waals surface area contributed by atoms with Crippen LogP contribution < -0.4 is 4.90 Å². The van der Waals surface area contributed by atoms with Gasteiger partial charge in [-0.05, 0) is 37.3 Å². The van der Waals surface area contributed by atoms with Crippen LogP contribution in [0.25, 0.3) is 0 Å². The highest BCUT2D eigenvalue weighted by Crippen LogP contribution is 2.28. The molecule has 1 saturated heterocycles. The molecule has 2 aliphatic rings. The standard InChI is InChI=1S/C18H22N2O4/c21-16-9-8-13-5-1-2-6-14(13)20(16)12-10-17(22)19-11-4-3-7-15(19)18(23)24/h1-2,5-6,15H,3-4,7-12H2,(H,23,24). The zero-order chi connectivity index (χ0) is 17.1. The molecule has 1 fully saturated rings. The molecule has 1 unspecified atom stereocenters. The molecular formula is C18H22N2O4. The summed E-state index contributed by atoms with van der Waals surface area (Å²) in [6.07, 6.45) is 3.51. The van der Waals surface area contributed by atoms with Crippen molar-refractivity contribution in [2.75, 3.05) is 18.0 Å². The first-order valence-corrected chi connectivity index (χ1v) is 8.48. The van der Waals surface area contributed by atoms with Gasteiger partial charge in [0.25, 0.3) is 0 Å². The molecule has 6 nitrogen and oxygen atoms in total. The summed E-state index contributed by atoms with van der Waals surface area (Å²) >= 11 is 0. The van der Waals surface area contributed by atoms with Crippen LogP contribution in [0.5, 0.6) is 0 Å². The number of anilines is 1. The molecule has 1 aromatic carbocycles. The lowest BCUT2D eigenvalue weighted by Crippen LogP contribution is -2.49. The van der Waals surface area contributed by atoms with E-state index in [1.54, 1.807) is 4.90 Å². The molecule has 0 aromatic heterocycles. The highest BCUT2D eigenvalue weighted by Gasteiger charge is 2.32. The maximum absolute atomic E-state index is 12.5. The lowest BCUT2D eigenvalue weighted by atomic mass is 10.00. The number of carbonyl (C=O) groups is 3. The molecule has 6 heteroatoms. The molecule has 128 valence electrons. The van der Waals surface area contributed by atoms with E-state index in [9.17, 15) is 19.5 Å². The minimum atomic E-state index is -0.942. The smallest absolute Gasteiger partial charge is 0.326 e. The fraction of sp³-hybridized carbons (Fsp3) is 0.500. The molecule has 1 atom stereocenters. The Labute approximate surface area is 141 Å². The van der Waals surface area contributed by atoms with E-state index < -0.39 is 12.0 Å². The topological polar surface area (TPSA) is 77.9 Å². The molecule has 24 heavy (non-hydrogen) atoms. The van der Waals surface area contributed by atoms with E-state index >= 15 is 0 Å². The second-order valence-corrected chi connectivity index (χ2v) is 6.36. The monoisotopic (exact) mass is 330 g/mol. The predicted octanol–water partition coefficient (Wildman–Crippen LogP) is 1.82. The number of hydrogen-bond donors (Lipinski definition) is 1. The second kappa shape index (κ2) is 7.03. The van der Waals surface area contributed by atoms with Gasteiger partial charge in [-0.3, -0.25) is 9.59 Å². The number of benzene rings is 1. The lowest BCUT2D eigenvalue weighted by molar-refractivity contribution is -0.152. The zero-order valence-corrected chi connectivity index (χ0v) is 13.6. The van der Waals surface area contributed by atoms with Crippen LogP contribution in [-0.2, 0) is 20.8 Å². The molecule has 3 rings (SSSR count). The Morgan fingerprint density at radius 1 is 1.17 bits per heavy atom. The van der Waals surface area contributed by atoms with Crippen LogP contribution in [0.15, 0.2) is 24.3 Å². The number of likely N-dealkylation sites (tertiary alicyclic amines) is 1. The fourth-order valence-corrected chi connectivity index (χ4v) is 3.58. The molecule has 2 aliphatic heterocycles. The molecule has 0 saturated carbocycles. The number of rotatable bonds is 4. The molecule has 0 aliphatic carbocycles. The van der Waals surface area contributed by atoms with Crippen LogP contribution in [0.3, 0.4) is 0 Å². The van der Waals surface area contributed by atoms with E-state index in [2.05, 4.69) is 0 Å². The van der Waals surface area contributed by atoms with Gasteiger partial charge in [-0.1, -0.05) is 18.2 Å². The van der Waals surface area contributed by atoms with Crippen LogP contribution in [-0.4, -0.2) is 46.9 Å². The van der Waals surface area contributed by atoms with E-state index in [0.717, 1.165) is 30.5 Å².